The van der Waals surface area contributed by atoms with Crippen LogP contribution in [0.2, 0.25) is 0 Å². The minimum absolute atomic E-state index is 0.0294. The third-order valence-corrected chi connectivity index (χ3v) is 9.08. The zero-order chi connectivity index (χ0) is 33.0. The molecule has 4 aromatic heterocycles. The zero-order valence-corrected chi connectivity index (χ0v) is 24.9. The van der Waals surface area contributed by atoms with E-state index in [2.05, 4.69) is 45.9 Å². The van der Waals surface area contributed by atoms with Gasteiger partial charge in [-0.3, -0.25) is 9.59 Å². The van der Waals surface area contributed by atoms with Crippen LogP contribution in [0.25, 0.3) is 5.65 Å². The topological polar surface area (TPSA) is 166 Å². The molecule has 1 aliphatic carbocycles. The Hall–Kier alpha value is -4.51. The lowest BCUT2D eigenvalue weighted by Gasteiger charge is -2.33. The SMILES string of the molecule is Cc1nnc([C@H](C)[C@]2(Cc3cnn4cc([C@@H](NC(=O)c5nonc5C)C5CCC(F)(F)CC5)nc4c3)C[C@@H](C(F)(F)F)NC2=O)o1. The van der Waals surface area contributed by atoms with Gasteiger partial charge in [0.25, 0.3) is 5.91 Å². The molecule has 18 heteroatoms. The summed E-state index contributed by atoms with van der Waals surface area (Å²) in [7, 11) is 0. The molecular weight excluding hydrogens is 621 g/mol. The number of hydrogen-bond acceptors (Lipinski definition) is 10. The van der Waals surface area contributed by atoms with Crippen LogP contribution in [-0.4, -0.2) is 65.1 Å². The van der Waals surface area contributed by atoms with E-state index in [0.29, 0.717) is 11.3 Å². The van der Waals surface area contributed by atoms with Gasteiger partial charge >= 0.3 is 6.18 Å². The number of aromatic nitrogens is 7. The number of imidazole rings is 1. The van der Waals surface area contributed by atoms with Crippen LogP contribution in [0.1, 0.15) is 90.2 Å². The Morgan fingerprint density at radius 3 is 2.54 bits per heavy atom. The molecule has 5 heterocycles. The summed E-state index contributed by atoms with van der Waals surface area (Å²) in [5.41, 5.74) is -0.402. The highest BCUT2D eigenvalue weighted by atomic mass is 19.4. The maximum Gasteiger partial charge on any atom is 0.408 e. The molecule has 46 heavy (non-hydrogen) atoms. The van der Waals surface area contributed by atoms with Gasteiger partial charge in [-0.15, -0.1) is 10.2 Å². The van der Waals surface area contributed by atoms with Crippen molar-refractivity contribution in [2.45, 2.75) is 89.4 Å². The highest BCUT2D eigenvalue weighted by Gasteiger charge is 2.59. The Labute approximate surface area is 257 Å². The van der Waals surface area contributed by atoms with Gasteiger partial charge in [-0.1, -0.05) is 12.1 Å². The van der Waals surface area contributed by atoms with Crippen molar-refractivity contribution in [3.8, 4) is 0 Å². The molecule has 0 spiro atoms. The van der Waals surface area contributed by atoms with Gasteiger partial charge in [0.1, 0.15) is 11.7 Å². The van der Waals surface area contributed by atoms with Gasteiger partial charge in [-0.05, 0) is 55.3 Å². The molecule has 13 nitrogen and oxygen atoms in total. The number of nitrogens with zero attached hydrogens (tertiary/aromatic N) is 7. The molecule has 2 aliphatic rings. The molecule has 1 saturated heterocycles. The molecule has 246 valence electrons. The van der Waals surface area contributed by atoms with E-state index < -0.39 is 59.7 Å². The van der Waals surface area contributed by atoms with Crippen LogP contribution in [0.4, 0.5) is 22.0 Å². The molecule has 1 aliphatic heterocycles. The molecule has 0 bridgehead atoms. The van der Waals surface area contributed by atoms with Gasteiger partial charge in [0.2, 0.25) is 23.6 Å². The first-order chi connectivity index (χ1) is 21.6. The molecule has 2 N–H and O–H groups in total. The number of hydrogen-bond donors (Lipinski definition) is 2. The van der Waals surface area contributed by atoms with Crippen molar-refractivity contribution in [3.63, 3.8) is 0 Å². The lowest BCUT2D eigenvalue weighted by molar-refractivity contribution is -0.155. The predicted molar refractivity (Wildman–Crippen MR) is 145 cm³/mol. The molecule has 2 amide bonds. The largest absolute Gasteiger partial charge is 0.425 e. The molecule has 1 saturated carbocycles. The molecule has 0 unspecified atom stereocenters. The average molecular weight is 652 g/mol. The van der Waals surface area contributed by atoms with Gasteiger partial charge < -0.3 is 15.1 Å². The first-order valence-corrected chi connectivity index (χ1v) is 14.6. The van der Waals surface area contributed by atoms with E-state index in [1.54, 1.807) is 19.2 Å². The van der Waals surface area contributed by atoms with E-state index in [-0.39, 0.29) is 60.9 Å². The Balaban J connectivity index is 1.33. The number of carbonyl (C=O) groups excluding carboxylic acids is 2. The number of fused-ring (bicyclic) bond motifs is 1. The fraction of sp³-hybridized carbons (Fsp3) is 0.571. The zero-order valence-electron chi connectivity index (χ0n) is 24.9. The molecule has 2 fully saturated rings. The summed E-state index contributed by atoms with van der Waals surface area (Å²) in [6, 6.07) is -1.29. The molecule has 0 radical (unpaired) electrons. The molecule has 4 aromatic rings. The van der Waals surface area contributed by atoms with Crippen LogP contribution in [0, 0.1) is 25.2 Å². The van der Waals surface area contributed by atoms with Crippen LogP contribution in [0.15, 0.2) is 27.5 Å². The van der Waals surface area contributed by atoms with Crippen LogP contribution in [0.5, 0.6) is 0 Å². The summed E-state index contributed by atoms with van der Waals surface area (Å²) in [5.74, 6) is -5.28. The molecular formula is C28H30F5N9O4. The summed E-state index contributed by atoms with van der Waals surface area (Å²) < 4.78 is 81.0. The van der Waals surface area contributed by atoms with E-state index >= 15 is 0 Å². The quantitative estimate of drug-likeness (QED) is 0.264. The highest BCUT2D eigenvalue weighted by Crippen LogP contribution is 2.48. The minimum Gasteiger partial charge on any atom is -0.425 e. The van der Waals surface area contributed by atoms with Crippen molar-refractivity contribution in [2.75, 3.05) is 0 Å². The summed E-state index contributed by atoms with van der Waals surface area (Å²) in [6.07, 6.45) is -2.92. The van der Waals surface area contributed by atoms with Gasteiger partial charge in [-0.25, -0.2) is 22.9 Å². The van der Waals surface area contributed by atoms with Crippen LogP contribution < -0.4 is 10.6 Å². The van der Waals surface area contributed by atoms with Gasteiger partial charge in [-0.2, -0.15) is 18.3 Å². The maximum atomic E-state index is 14.0. The fourth-order valence-corrected chi connectivity index (χ4v) is 6.43. The summed E-state index contributed by atoms with van der Waals surface area (Å²) in [5, 5.41) is 24.3. The highest BCUT2D eigenvalue weighted by molar-refractivity contribution is 5.93. The first kappa shape index (κ1) is 31.5. The number of alkyl halides is 5. The standard InChI is InChI=1S/C28H30F5N9O4/c1-13(24-39-38-15(3)45-24)26(10-19(28(31,32)33)36-25(26)44)9-16-8-20-35-18(12-42(20)34-11-16)22(17-4-6-27(29,30)7-5-17)37-23(43)21-14(2)40-46-41-21/h8,11-13,17,19,22H,4-7,9-10H2,1-3H3,(H,36,44)(H,37,43)/t13-,19-,22-,26-/m0/s1. The van der Waals surface area contributed by atoms with Gasteiger partial charge in [0.15, 0.2) is 11.3 Å². The summed E-state index contributed by atoms with van der Waals surface area (Å²) >= 11 is 0. The Morgan fingerprint density at radius 1 is 1.20 bits per heavy atom. The monoisotopic (exact) mass is 651 g/mol. The van der Waals surface area contributed by atoms with Crippen molar-refractivity contribution < 1.29 is 40.6 Å². The third kappa shape index (κ3) is 5.91. The lowest BCUT2D eigenvalue weighted by Crippen LogP contribution is -2.40. The van der Waals surface area contributed by atoms with Gasteiger partial charge in [0.05, 0.1) is 29.5 Å². The summed E-state index contributed by atoms with van der Waals surface area (Å²) in [6.45, 7) is 4.64. The third-order valence-electron chi connectivity index (χ3n) is 9.08. The van der Waals surface area contributed by atoms with Crippen molar-refractivity contribution in [2.24, 2.45) is 11.3 Å². The molecule has 4 atom stereocenters. The smallest absolute Gasteiger partial charge is 0.408 e. The maximum absolute atomic E-state index is 14.0. The predicted octanol–water partition coefficient (Wildman–Crippen LogP) is 4.19. The van der Waals surface area contributed by atoms with E-state index in [4.69, 9.17) is 4.42 Å². The Morgan fingerprint density at radius 2 is 1.93 bits per heavy atom. The number of aryl methyl sites for hydroxylation is 2. The normalized spacial score (nSPS) is 23.4. The average Bonchev–Trinajstić information content (AvgIpc) is 3.78. The minimum atomic E-state index is -4.68. The second-order valence-electron chi connectivity index (χ2n) is 12.2. The van der Waals surface area contributed by atoms with Crippen molar-refractivity contribution in [3.05, 3.63) is 52.9 Å². The van der Waals surface area contributed by atoms with Crippen LogP contribution in [-0.2, 0) is 11.2 Å². The second kappa shape index (κ2) is 11.4. The Kier molecular flexibility index (Phi) is 7.79. The summed E-state index contributed by atoms with van der Waals surface area (Å²) in [4.78, 5) is 31.0. The van der Waals surface area contributed by atoms with E-state index in [0.717, 1.165) is 0 Å². The number of rotatable bonds is 8. The van der Waals surface area contributed by atoms with E-state index in [9.17, 15) is 31.5 Å². The molecule has 6 rings (SSSR count). The number of carbonyl (C=O) groups is 2. The van der Waals surface area contributed by atoms with Gasteiger partial charge in [0, 0.05) is 25.7 Å². The number of amides is 2. The second-order valence-corrected chi connectivity index (χ2v) is 12.2. The number of halogens is 5. The van der Waals surface area contributed by atoms with Crippen molar-refractivity contribution >= 4 is 17.5 Å². The first-order valence-electron chi connectivity index (χ1n) is 14.6. The van der Waals surface area contributed by atoms with Crippen molar-refractivity contribution in [1.29, 1.82) is 0 Å². The van der Waals surface area contributed by atoms with Crippen LogP contribution >= 0.6 is 0 Å². The van der Waals surface area contributed by atoms with E-state index in [1.807, 2.05) is 0 Å². The van der Waals surface area contributed by atoms with Crippen LogP contribution in [0.3, 0.4) is 0 Å². The lowest BCUT2D eigenvalue weighted by atomic mass is 9.70. The molecule has 0 aromatic carbocycles. The van der Waals surface area contributed by atoms with Crippen molar-refractivity contribution in [1.82, 2.24) is 45.7 Å². The number of nitrogens with one attached hydrogen (secondary N) is 2. The Bertz CT molecular complexity index is 1760. The fourth-order valence-electron chi connectivity index (χ4n) is 6.43. The van der Waals surface area contributed by atoms with E-state index in [1.165, 1.54) is 24.6 Å².